The number of benzene rings is 1. The maximum absolute atomic E-state index is 14.6. The lowest BCUT2D eigenvalue weighted by Gasteiger charge is -2.29. The number of rotatable bonds is 27. The van der Waals surface area contributed by atoms with E-state index in [9.17, 15) is 19.1 Å². The molecule has 3 heterocycles. The van der Waals surface area contributed by atoms with Gasteiger partial charge in [0.15, 0.2) is 5.79 Å². The number of hydrogen-bond acceptors (Lipinski definition) is 11. The molecule has 2 saturated heterocycles. The monoisotopic (exact) mass is 816 g/mol. The fourth-order valence-corrected chi connectivity index (χ4v) is 7.60. The lowest BCUT2D eigenvalue weighted by molar-refractivity contribution is -0.204. The number of nitriles is 2. The summed E-state index contributed by atoms with van der Waals surface area (Å²) < 4.78 is 68.7. The Morgan fingerprint density at radius 1 is 1.04 bits per heavy atom. The number of aromatic amines is 1. The van der Waals surface area contributed by atoms with E-state index in [1.807, 2.05) is 6.07 Å². The summed E-state index contributed by atoms with van der Waals surface area (Å²) in [6.45, 7) is 4.59. The van der Waals surface area contributed by atoms with Gasteiger partial charge in [-0.3, -0.25) is 14.5 Å². The highest BCUT2D eigenvalue weighted by molar-refractivity contribution is 7.47. The first-order chi connectivity index (χ1) is 27.4. The zero-order valence-corrected chi connectivity index (χ0v) is 34.1. The van der Waals surface area contributed by atoms with Gasteiger partial charge in [0.05, 0.1) is 37.1 Å². The molecule has 0 spiro atoms. The van der Waals surface area contributed by atoms with Crippen LogP contribution in [0.5, 0.6) is 0 Å². The molecule has 2 unspecified atom stereocenters. The number of fused-ring (bicyclic) bond motifs is 1. The Balaban J connectivity index is 1.31. The third kappa shape index (κ3) is 14.1. The maximum Gasteiger partial charge on any atom is 0.472 e. The van der Waals surface area contributed by atoms with Crippen molar-refractivity contribution < 1.29 is 46.6 Å². The van der Waals surface area contributed by atoms with Crippen LogP contribution in [0.2, 0.25) is 0 Å². The molecular formula is C40H58FN6O9P. The van der Waals surface area contributed by atoms with Crippen LogP contribution >= 0.6 is 7.82 Å². The smallest absolute Gasteiger partial charge is 0.382 e. The van der Waals surface area contributed by atoms with E-state index >= 15 is 0 Å². The van der Waals surface area contributed by atoms with Gasteiger partial charge in [-0.25, -0.2) is 13.9 Å². The molecule has 0 amide bonds. The summed E-state index contributed by atoms with van der Waals surface area (Å²) in [5.41, 5.74) is 5.24. The average Bonchev–Trinajstić information content (AvgIpc) is 3.88. The number of H-pyrrole nitrogens is 1. The first kappa shape index (κ1) is 46.2. The number of unbranched alkanes of at least 4 members (excludes halogenated alkanes) is 11. The molecule has 17 heteroatoms. The number of phosphoric ester groups is 1. The number of halogens is 1. The molecule has 1 aromatic heterocycles. The number of aromatic nitrogens is 1. The van der Waals surface area contributed by atoms with Crippen molar-refractivity contribution in [1.29, 1.82) is 15.9 Å². The van der Waals surface area contributed by atoms with E-state index in [4.69, 9.17) is 49.1 Å². The summed E-state index contributed by atoms with van der Waals surface area (Å²) in [5.74, 6) is -1.69. The topological polar surface area (TPSA) is 228 Å². The van der Waals surface area contributed by atoms with Crippen molar-refractivity contribution in [2.24, 2.45) is 10.7 Å². The minimum Gasteiger partial charge on any atom is -0.382 e. The van der Waals surface area contributed by atoms with Gasteiger partial charge in [0, 0.05) is 17.9 Å². The second kappa shape index (κ2) is 22.6. The summed E-state index contributed by atoms with van der Waals surface area (Å²) in [5, 5.41) is 26.7. The van der Waals surface area contributed by atoms with Crippen molar-refractivity contribution in [1.82, 2.24) is 4.98 Å². The quantitative estimate of drug-likeness (QED) is 0.0295. The van der Waals surface area contributed by atoms with E-state index in [0.29, 0.717) is 18.0 Å². The molecular weight excluding hydrogens is 758 g/mol. The summed E-state index contributed by atoms with van der Waals surface area (Å²) in [6.07, 6.45) is 11.6. The molecule has 2 fully saturated rings. The molecule has 6 atom stereocenters. The van der Waals surface area contributed by atoms with E-state index in [0.717, 1.165) is 31.7 Å². The lowest BCUT2D eigenvalue weighted by atomic mass is 9.96. The van der Waals surface area contributed by atoms with Crippen LogP contribution in [0.15, 0.2) is 35.3 Å². The fourth-order valence-electron chi connectivity index (χ4n) is 6.82. The van der Waals surface area contributed by atoms with Gasteiger partial charge in [-0.15, -0.1) is 0 Å². The largest absolute Gasteiger partial charge is 0.472 e. The maximum atomic E-state index is 14.6. The van der Waals surface area contributed by atoms with Gasteiger partial charge >= 0.3 is 7.82 Å². The van der Waals surface area contributed by atoms with Crippen LogP contribution in [-0.2, 0) is 43.9 Å². The highest BCUT2D eigenvalue weighted by Crippen LogP contribution is 2.52. The van der Waals surface area contributed by atoms with Crippen molar-refractivity contribution in [2.45, 2.75) is 140 Å². The normalized spacial score (nSPS) is 23.1. The molecule has 0 saturated carbocycles. The SMILES string of the molecule is CCCCCCCCCCCCCCOC[C@H](COP(=O)(O)OC[C@@]1(C#N)OC(c2ccc(/C(N)=N\C=N)[nH]2)[C@@H]2OC(C)(C)O[C@@H]21)OCc1ccc(C#N)cc1F. The van der Waals surface area contributed by atoms with Gasteiger partial charge in [0.1, 0.15) is 55.1 Å². The molecule has 0 radical (unpaired) electrons. The van der Waals surface area contributed by atoms with E-state index in [-0.39, 0.29) is 30.2 Å². The van der Waals surface area contributed by atoms with Crippen LogP contribution in [0.1, 0.15) is 126 Å². The standard InChI is InChI=1S/C40H58FN6O9P/c1-4-5-6-7-8-9-10-11-12-13-14-15-20-50-24-31(51-23-30-17-16-29(22-42)21-32(30)41)25-52-57(48,49)53-27-40(26-43)37-36(54-39(2,3)56-37)35(55-40)33-18-19-34(47-33)38(45)46-28-44/h16-19,21,28,31,35-37,47H,4-15,20,23-25,27H2,1-3H3,(H,48,49)(H3,44,45,46)/t31-,35?,36+,37+,40-/m1/s1. The lowest BCUT2D eigenvalue weighted by Crippen LogP contribution is -2.45. The molecule has 57 heavy (non-hydrogen) atoms. The Labute approximate surface area is 335 Å². The molecule has 0 aliphatic carbocycles. The van der Waals surface area contributed by atoms with Crippen molar-refractivity contribution in [3.8, 4) is 12.1 Å². The predicted molar refractivity (Wildman–Crippen MR) is 210 cm³/mol. The number of hydrogen-bond donors (Lipinski definition) is 4. The van der Waals surface area contributed by atoms with E-state index in [2.05, 4.69) is 23.0 Å². The first-order valence-corrected chi connectivity index (χ1v) is 21.3. The van der Waals surface area contributed by atoms with Gasteiger partial charge < -0.3 is 39.3 Å². The average molecular weight is 817 g/mol. The number of aliphatic imine (C=N–C) groups is 1. The van der Waals surface area contributed by atoms with Crippen LogP contribution in [-0.4, -0.2) is 78.2 Å². The third-order valence-corrected chi connectivity index (χ3v) is 10.8. The Hall–Kier alpha value is -3.54. The summed E-state index contributed by atoms with van der Waals surface area (Å²) in [4.78, 5) is 17.6. The van der Waals surface area contributed by atoms with Crippen molar-refractivity contribution >= 4 is 20.0 Å². The molecule has 1 aromatic carbocycles. The molecule has 2 aromatic rings. The first-order valence-electron chi connectivity index (χ1n) is 19.8. The van der Waals surface area contributed by atoms with Crippen molar-refractivity contribution in [3.05, 3.63) is 58.7 Å². The predicted octanol–water partition coefficient (Wildman–Crippen LogP) is 7.63. The third-order valence-electron chi connectivity index (χ3n) is 9.88. The molecule has 2 aliphatic heterocycles. The molecule has 314 valence electrons. The van der Waals surface area contributed by atoms with Gasteiger partial charge in [0.2, 0.25) is 5.60 Å². The minimum absolute atomic E-state index is 0.0138. The fraction of sp³-hybridized carbons (Fsp3) is 0.650. The second-order valence-electron chi connectivity index (χ2n) is 14.9. The summed E-state index contributed by atoms with van der Waals surface area (Å²) >= 11 is 0. The number of ether oxygens (including phenoxy) is 5. The molecule has 15 nitrogen and oxygen atoms in total. The molecule has 5 N–H and O–H groups in total. The zero-order chi connectivity index (χ0) is 41.3. The van der Waals surface area contributed by atoms with Crippen molar-refractivity contribution in [2.75, 3.05) is 26.4 Å². The second-order valence-corrected chi connectivity index (χ2v) is 16.3. The minimum atomic E-state index is -4.86. The zero-order valence-electron chi connectivity index (χ0n) is 33.3. The van der Waals surface area contributed by atoms with Gasteiger partial charge in [-0.2, -0.15) is 10.5 Å². The van der Waals surface area contributed by atoms with Crippen LogP contribution < -0.4 is 5.73 Å². The molecule has 0 bridgehead atoms. The van der Waals surface area contributed by atoms with E-state index < -0.39 is 62.7 Å². The summed E-state index contributed by atoms with van der Waals surface area (Å²) in [7, 11) is -4.86. The highest BCUT2D eigenvalue weighted by Gasteiger charge is 2.64. The molecule has 4 rings (SSSR count). The Morgan fingerprint density at radius 2 is 1.72 bits per heavy atom. The Morgan fingerprint density at radius 3 is 2.35 bits per heavy atom. The van der Waals surface area contributed by atoms with Crippen LogP contribution in [0.25, 0.3) is 0 Å². The van der Waals surface area contributed by atoms with E-state index in [1.54, 1.807) is 26.0 Å². The Kier molecular flexibility index (Phi) is 18.3. The molecule has 2 aliphatic rings. The number of phosphoric acid groups is 1. The number of amidine groups is 1. The van der Waals surface area contributed by atoms with E-state index in [1.165, 1.54) is 69.9 Å². The van der Waals surface area contributed by atoms with Crippen LogP contribution in [0, 0.1) is 33.9 Å². The van der Waals surface area contributed by atoms with Gasteiger partial charge in [-0.1, -0.05) is 83.6 Å². The number of nitrogens with one attached hydrogen (secondary N) is 2. The van der Waals surface area contributed by atoms with Gasteiger partial charge in [-0.05, 0) is 44.5 Å². The Bertz CT molecular complexity index is 1750. The summed E-state index contributed by atoms with van der Waals surface area (Å²) in [6, 6.07) is 11.3. The van der Waals surface area contributed by atoms with Crippen LogP contribution in [0.4, 0.5) is 4.39 Å². The highest BCUT2D eigenvalue weighted by atomic mass is 31.2. The van der Waals surface area contributed by atoms with Gasteiger partial charge in [0.25, 0.3) is 0 Å². The number of nitrogens with zero attached hydrogens (tertiary/aromatic N) is 3. The van der Waals surface area contributed by atoms with Crippen LogP contribution in [0.3, 0.4) is 0 Å². The number of nitrogens with two attached hydrogens (primary N) is 1. The van der Waals surface area contributed by atoms with Crippen molar-refractivity contribution in [3.63, 3.8) is 0 Å².